The number of hydrogen-bond acceptors (Lipinski definition) is 2. The van der Waals surface area contributed by atoms with Gasteiger partial charge in [0.1, 0.15) is 12.2 Å². The number of amides is 2. The van der Waals surface area contributed by atoms with Crippen molar-refractivity contribution in [3.05, 3.63) is 71.3 Å². The molecule has 0 saturated carbocycles. The molecule has 1 aliphatic rings. The Hall–Kier alpha value is -2.89. The number of nitrogens with zero attached hydrogens (tertiary/aromatic N) is 1. The van der Waals surface area contributed by atoms with Crippen LogP contribution in [0.5, 0.6) is 0 Å². The molecule has 3 rings (SSSR count). The molecular weight excluding hydrogens is 359 g/mol. The standard InChI is InChI=1S/C22H25FN2O3/c1-14(2)15-8-10-17(11-9-15)20(16-6-4-3-5-7-16)24-21(26)19-12-18(23)13-25(19)22(27)28/h3-11,14,18-20H,12-13H2,1-2H3,(H,24,26)(H,27,28)/t18?,19?,20-/m0/s1. The Kier molecular flexibility index (Phi) is 5.97. The van der Waals surface area contributed by atoms with Gasteiger partial charge in [-0.2, -0.15) is 0 Å². The van der Waals surface area contributed by atoms with Gasteiger partial charge in [-0.1, -0.05) is 68.4 Å². The van der Waals surface area contributed by atoms with E-state index in [2.05, 4.69) is 19.2 Å². The summed E-state index contributed by atoms with van der Waals surface area (Å²) in [6, 6.07) is 16.0. The SMILES string of the molecule is CC(C)c1ccc([C@@H](NC(=O)C2CC(F)CN2C(=O)O)c2ccccc2)cc1. The van der Waals surface area contributed by atoms with Gasteiger partial charge in [-0.05, 0) is 22.6 Å². The van der Waals surface area contributed by atoms with Gasteiger partial charge >= 0.3 is 6.09 Å². The zero-order valence-corrected chi connectivity index (χ0v) is 16.0. The van der Waals surface area contributed by atoms with Crippen LogP contribution in [-0.4, -0.2) is 40.8 Å². The summed E-state index contributed by atoms with van der Waals surface area (Å²) in [5.74, 6) is -0.0905. The van der Waals surface area contributed by atoms with E-state index >= 15 is 0 Å². The van der Waals surface area contributed by atoms with E-state index in [1.54, 1.807) is 0 Å². The average Bonchev–Trinajstić information content (AvgIpc) is 3.09. The van der Waals surface area contributed by atoms with Crippen molar-refractivity contribution in [2.45, 2.75) is 44.4 Å². The van der Waals surface area contributed by atoms with Crippen molar-refractivity contribution < 1.29 is 19.1 Å². The number of carboxylic acid groups (broad SMARTS) is 1. The van der Waals surface area contributed by atoms with Crippen LogP contribution in [-0.2, 0) is 4.79 Å². The number of alkyl halides is 1. The fourth-order valence-electron chi connectivity index (χ4n) is 3.56. The fraction of sp³-hybridized carbons (Fsp3) is 0.364. The summed E-state index contributed by atoms with van der Waals surface area (Å²) >= 11 is 0. The van der Waals surface area contributed by atoms with E-state index in [0.29, 0.717) is 5.92 Å². The molecule has 0 bridgehead atoms. The maximum Gasteiger partial charge on any atom is 0.408 e. The second kappa shape index (κ2) is 8.42. The first-order chi connectivity index (χ1) is 13.4. The lowest BCUT2D eigenvalue weighted by atomic mass is 9.95. The van der Waals surface area contributed by atoms with Crippen LogP contribution >= 0.6 is 0 Å². The van der Waals surface area contributed by atoms with Crippen molar-refractivity contribution in [2.75, 3.05) is 6.54 Å². The molecule has 28 heavy (non-hydrogen) atoms. The predicted molar refractivity (Wildman–Crippen MR) is 105 cm³/mol. The largest absolute Gasteiger partial charge is 0.465 e. The maximum atomic E-state index is 13.8. The zero-order valence-electron chi connectivity index (χ0n) is 16.0. The molecule has 2 aromatic rings. The summed E-state index contributed by atoms with van der Waals surface area (Å²) in [5.41, 5.74) is 2.96. The predicted octanol–water partition coefficient (Wildman–Crippen LogP) is 4.11. The van der Waals surface area contributed by atoms with Crippen LogP contribution in [0.25, 0.3) is 0 Å². The lowest BCUT2D eigenvalue weighted by Gasteiger charge is -2.25. The number of benzene rings is 2. The third-order valence-corrected chi connectivity index (χ3v) is 5.15. The van der Waals surface area contributed by atoms with Gasteiger partial charge in [0.05, 0.1) is 12.6 Å². The van der Waals surface area contributed by atoms with E-state index in [0.717, 1.165) is 16.0 Å². The number of halogens is 1. The van der Waals surface area contributed by atoms with Crippen molar-refractivity contribution in [3.63, 3.8) is 0 Å². The van der Waals surface area contributed by atoms with Gasteiger partial charge in [0.25, 0.3) is 0 Å². The maximum absolute atomic E-state index is 13.8. The number of carbonyl (C=O) groups excluding carboxylic acids is 1. The number of rotatable bonds is 5. The van der Waals surface area contributed by atoms with Gasteiger partial charge in [-0.25, -0.2) is 9.18 Å². The average molecular weight is 384 g/mol. The monoisotopic (exact) mass is 384 g/mol. The minimum absolute atomic E-state index is 0.119. The smallest absolute Gasteiger partial charge is 0.408 e. The molecule has 3 atom stereocenters. The highest BCUT2D eigenvalue weighted by molar-refractivity contribution is 5.86. The summed E-state index contributed by atoms with van der Waals surface area (Å²) in [6.45, 7) is 3.95. The fourth-order valence-corrected chi connectivity index (χ4v) is 3.56. The van der Waals surface area contributed by atoms with Gasteiger partial charge in [-0.15, -0.1) is 0 Å². The molecule has 1 heterocycles. The van der Waals surface area contributed by atoms with E-state index in [4.69, 9.17) is 0 Å². The topological polar surface area (TPSA) is 69.6 Å². The van der Waals surface area contributed by atoms with Gasteiger partial charge in [0.15, 0.2) is 0 Å². The zero-order chi connectivity index (χ0) is 20.3. The molecule has 1 saturated heterocycles. The highest BCUT2D eigenvalue weighted by Crippen LogP contribution is 2.26. The molecule has 1 aliphatic heterocycles. The Morgan fingerprint density at radius 3 is 2.18 bits per heavy atom. The van der Waals surface area contributed by atoms with E-state index in [1.807, 2.05) is 54.6 Å². The van der Waals surface area contributed by atoms with Crippen LogP contribution in [0.2, 0.25) is 0 Å². The van der Waals surface area contributed by atoms with Crippen molar-refractivity contribution >= 4 is 12.0 Å². The van der Waals surface area contributed by atoms with Crippen LogP contribution in [0.4, 0.5) is 9.18 Å². The summed E-state index contributed by atoms with van der Waals surface area (Å²) in [6.07, 6.45) is -2.73. The Bertz CT molecular complexity index is 823. The molecule has 5 nitrogen and oxygen atoms in total. The molecule has 2 aromatic carbocycles. The Labute approximate surface area is 164 Å². The van der Waals surface area contributed by atoms with Crippen LogP contribution < -0.4 is 5.32 Å². The van der Waals surface area contributed by atoms with Crippen molar-refractivity contribution in [1.29, 1.82) is 0 Å². The van der Waals surface area contributed by atoms with Crippen LogP contribution in [0.3, 0.4) is 0 Å². The number of likely N-dealkylation sites (tertiary alicyclic amines) is 1. The lowest BCUT2D eigenvalue weighted by molar-refractivity contribution is -0.125. The van der Waals surface area contributed by atoms with Gasteiger partial charge in [0.2, 0.25) is 5.91 Å². The molecule has 2 unspecified atom stereocenters. The summed E-state index contributed by atoms with van der Waals surface area (Å²) in [4.78, 5) is 25.1. The third-order valence-electron chi connectivity index (χ3n) is 5.15. The highest BCUT2D eigenvalue weighted by Gasteiger charge is 2.40. The van der Waals surface area contributed by atoms with E-state index in [9.17, 15) is 19.1 Å². The molecular formula is C22H25FN2O3. The first kappa shape index (κ1) is 19.9. The summed E-state index contributed by atoms with van der Waals surface area (Å²) < 4.78 is 13.8. The summed E-state index contributed by atoms with van der Waals surface area (Å²) in [5, 5.41) is 12.2. The number of nitrogens with one attached hydrogen (secondary N) is 1. The molecule has 0 aliphatic carbocycles. The second-order valence-corrected chi connectivity index (χ2v) is 7.46. The third kappa shape index (κ3) is 4.32. The minimum atomic E-state index is -1.33. The van der Waals surface area contributed by atoms with Crippen LogP contribution in [0.15, 0.2) is 54.6 Å². The molecule has 0 aromatic heterocycles. The Balaban J connectivity index is 1.87. The van der Waals surface area contributed by atoms with Crippen molar-refractivity contribution in [2.24, 2.45) is 0 Å². The molecule has 2 amide bonds. The van der Waals surface area contributed by atoms with Gasteiger partial charge < -0.3 is 10.4 Å². The molecule has 2 N–H and O–H groups in total. The molecule has 0 radical (unpaired) electrons. The van der Waals surface area contributed by atoms with E-state index in [-0.39, 0.29) is 13.0 Å². The first-order valence-electron chi connectivity index (χ1n) is 9.45. The minimum Gasteiger partial charge on any atom is -0.465 e. The molecule has 1 fully saturated rings. The van der Waals surface area contributed by atoms with Crippen molar-refractivity contribution in [1.82, 2.24) is 10.2 Å². The van der Waals surface area contributed by atoms with Gasteiger partial charge in [0, 0.05) is 6.42 Å². The van der Waals surface area contributed by atoms with Crippen molar-refractivity contribution in [3.8, 4) is 0 Å². The van der Waals surface area contributed by atoms with E-state index < -0.39 is 30.3 Å². The Morgan fingerprint density at radius 2 is 1.61 bits per heavy atom. The van der Waals surface area contributed by atoms with E-state index in [1.165, 1.54) is 5.56 Å². The normalized spacial score (nSPS) is 20.2. The first-order valence-corrected chi connectivity index (χ1v) is 9.45. The lowest BCUT2D eigenvalue weighted by Crippen LogP contribution is -2.46. The molecule has 6 heteroatoms. The number of hydrogen-bond donors (Lipinski definition) is 2. The highest BCUT2D eigenvalue weighted by atomic mass is 19.1. The number of carbonyl (C=O) groups is 2. The Morgan fingerprint density at radius 1 is 1.04 bits per heavy atom. The van der Waals surface area contributed by atoms with Crippen LogP contribution in [0.1, 0.15) is 48.9 Å². The van der Waals surface area contributed by atoms with Gasteiger partial charge in [-0.3, -0.25) is 9.69 Å². The molecule has 0 spiro atoms. The van der Waals surface area contributed by atoms with Crippen LogP contribution in [0, 0.1) is 0 Å². The summed E-state index contributed by atoms with van der Waals surface area (Å²) in [7, 11) is 0. The second-order valence-electron chi connectivity index (χ2n) is 7.46. The quantitative estimate of drug-likeness (QED) is 0.815. The molecule has 148 valence electrons.